The molecule has 1 aromatic carbocycles. The summed E-state index contributed by atoms with van der Waals surface area (Å²) in [7, 11) is 0. The van der Waals surface area contributed by atoms with Crippen LogP contribution in [0.2, 0.25) is 0 Å². The van der Waals surface area contributed by atoms with Gasteiger partial charge in [0.05, 0.1) is 0 Å². The molecule has 1 aromatic rings. The van der Waals surface area contributed by atoms with Gasteiger partial charge in [0.1, 0.15) is 0 Å². The molecular formula is C19H33IN4O. The van der Waals surface area contributed by atoms with E-state index >= 15 is 0 Å². The van der Waals surface area contributed by atoms with Crippen LogP contribution in [-0.2, 0) is 4.79 Å². The number of benzene rings is 1. The molecule has 0 fully saturated rings. The van der Waals surface area contributed by atoms with E-state index in [1.54, 1.807) is 0 Å². The van der Waals surface area contributed by atoms with E-state index in [1.165, 1.54) is 11.1 Å². The summed E-state index contributed by atoms with van der Waals surface area (Å²) in [6.45, 7) is 12.9. The number of rotatable bonds is 8. The number of hydrogen-bond donors (Lipinski definition) is 3. The van der Waals surface area contributed by atoms with Gasteiger partial charge in [-0.2, -0.15) is 0 Å². The Hall–Kier alpha value is -1.31. The molecule has 0 aliphatic rings. The van der Waals surface area contributed by atoms with Gasteiger partial charge < -0.3 is 16.0 Å². The molecule has 0 aliphatic heterocycles. The lowest BCUT2D eigenvalue weighted by atomic mass is 10.0. The fourth-order valence-corrected chi connectivity index (χ4v) is 2.14. The highest BCUT2D eigenvalue weighted by atomic mass is 127. The second-order valence-electron chi connectivity index (χ2n) is 6.40. The van der Waals surface area contributed by atoms with E-state index in [4.69, 9.17) is 0 Å². The Kier molecular flexibility index (Phi) is 12.3. The largest absolute Gasteiger partial charge is 0.357 e. The first kappa shape index (κ1) is 23.7. The van der Waals surface area contributed by atoms with Gasteiger partial charge in [-0.3, -0.25) is 9.79 Å². The Morgan fingerprint density at radius 2 is 1.64 bits per heavy atom. The molecule has 5 nitrogen and oxygen atoms in total. The molecule has 142 valence electrons. The SMILES string of the molecule is CCNC(=NCC(C)c1ccc(C)cc1)NCCNC(=O)C(C)C.I. The molecule has 3 N–H and O–H groups in total. The Morgan fingerprint density at radius 1 is 1.04 bits per heavy atom. The van der Waals surface area contributed by atoms with Crippen molar-refractivity contribution in [1.82, 2.24) is 16.0 Å². The van der Waals surface area contributed by atoms with Crippen molar-refractivity contribution >= 4 is 35.8 Å². The zero-order valence-corrected chi connectivity index (χ0v) is 18.4. The van der Waals surface area contributed by atoms with Gasteiger partial charge in [-0.25, -0.2) is 0 Å². The van der Waals surface area contributed by atoms with E-state index < -0.39 is 0 Å². The van der Waals surface area contributed by atoms with Gasteiger partial charge in [0.2, 0.25) is 5.91 Å². The highest BCUT2D eigenvalue weighted by molar-refractivity contribution is 14.0. The summed E-state index contributed by atoms with van der Waals surface area (Å²) < 4.78 is 0. The zero-order valence-electron chi connectivity index (χ0n) is 16.1. The van der Waals surface area contributed by atoms with Crippen molar-refractivity contribution in [2.45, 2.75) is 40.5 Å². The summed E-state index contributed by atoms with van der Waals surface area (Å²) in [6, 6.07) is 8.60. The first-order valence-corrected chi connectivity index (χ1v) is 8.80. The van der Waals surface area contributed by atoms with Gasteiger partial charge in [0, 0.05) is 38.0 Å². The van der Waals surface area contributed by atoms with Crippen molar-refractivity contribution in [3.05, 3.63) is 35.4 Å². The molecule has 0 saturated heterocycles. The van der Waals surface area contributed by atoms with Crippen molar-refractivity contribution in [3.63, 3.8) is 0 Å². The first-order chi connectivity index (χ1) is 11.4. The summed E-state index contributed by atoms with van der Waals surface area (Å²) in [6.07, 6.45) is 0. The van der Waals surface area contributed by atoms with Crippen molar-refractivity contribution < 1.29 is 4.79 Å². The number of amides is 1. The number of carbonyl (C=O) groups excluding carboxylic acids is 1. The maximum absolute atomic E-state index is 11.5. The van der Waals surface area contributed by atoms with E-state index in [0.29, 0.717) is 19.0 Å². The Morgan fingerprint density at radius 3 is 2.20 bits per heavy atom. The van der Waals surface area contributed by atoms with Crippen LogP contribution in [0.25, 0.3) is 0 Å². The summed E-state index contributed by atoms with van der Waals surface area (Å²) >= 11 is 0. The van der Waals surface area contributed by atoms with Crippen molar-refractivity contribution in [2.24, 2.45) is 10.9 Å². The van der Waals surface area contributed by atoms with Crippen LogP contribution >= 0.6 is 24.0 Å². The van der Waals surface area contributed by atoms with Gasteiger partial charge in [0.15, 0.2) is 5.96 Å². The molecule has 0 saturated carbocycles. The normalized spacial score (nSPS) is 12.3. The van der Waals surface area contributed by atoms with Gasteiger partial charge in [-0.05, 0) is 19.4 Å². The van der Waals surface area contributed by atoms with Gasteiger partial charge in [0.25, 0.3) is 0 Å². The number of halogens is 1. The van der Waals surface area contributed by atoms with Crippen LogP contribution in [-0.4, -0.2) is 38.0 Å². The van der Waals surface area contributed by atoms with Gasteiger partial charge in [-0.1, -0.05) is 50.6 Å². The minimum Gasteiger partial charge on any atom is -0.357 e. The Balaban J connectivity index is 0.00000576. The van der Waals surface area contributed by atoms with Crippen LogP contribution in [0.3, 0.4) is 0 Å². The molecule has 0 aliphatic carbocycles. The fraction of sp³-hybridized carbons (Fsp3) is 0.579. The lowest BCUT2D eigenvalue weighted by Gasteiger charge is -2.14. The summed E-state index contributed by atoms with van der Waals surface area (Å²) in [5.41, 5.74) is 2.57. The maximum atomic E-state index is 11.5. The predicted octanol–water partition coefficient (Wildman–Crippen LogP) is 3.04. The van der Waals surface area contributed by atoms with Gasteiger partial charge in [-0.15, -0.1) is 24.0 Å². The zero-order chi connectivity index (χ0) is 17.9. The number of carbonyl (C=O) groups is 1. The van der Waals surface area contributed by atoms with Crippen LogP contribution < -0.4 is 16.0 Å². The van der Waals surface area contributed by atoms with E-state index in [1.807, 2.05) is 20.8 Å². The Bertz CT molecular complexity index is 529. The molecule has 0 spiro atoms. The number of aliphatic imine (C=N–C) groups is 1. The topological polar surface area (TPSA) is 65.5 Å². The van der Waals surface area contributed by atoms with Gasteiger partial charge >= 0.3 is 0 Å². The average molecular weight is 460 g/mol. The molecule has 1 atom stereocenters. The van der Waals surface area contributed by atoms with E-state index in [-0.39, 0.29) is 35.8 Å². The molecule has 0 bridgehead atoms. The number of hydrogen-bond acceptors (Lipinski definition) is 2. The van der Waals surface area contributed by atoms with E-state index in [9.17, 15) is 4.79 Å². The quantitative estimate of drug-likeness (QED) is 0.242. The van der Waals surface area contributed by atoms with Crippen LogP contribution in [0, 0.1) is 12.8 Å². The number of nitrogens with one attached hydrogen (secondary N) is 3. The second kappa shape index (κ2) is 13.0. The third-order valence-corrected chi connectivity index (χ3v) is 3.75. The molecule has 0 radical (unpaired) electrons. The Labute approximate surface area is 169 Å². The maximum Gasteiger partial charge on any atom is 0.222 e. The highest BCUT2D eigenvalue weighted by Crippen LogP contribution is 2.15. The van der Waals surface area contributed by atoms with Crippen molar-refractivity contribution in [2.75, 3.05) is 26.2 Å². The number of nitrogens with zero attached hydrogens (tertiary/aromatic N) is 1. The van der Waals surface area contributed by atoms with E-state index in [2.05, 4.69) is 59.1 Å². The lowest BCUT2D eigenvalue weighted by molar-refractivity contribution is -0.123. The molecule has 6 heteroatoms. The van der Waals surface area contributed by atoms with E-state index in [0.717, 1.165) is 19.0 Å². The highest BCUT2D eigenvalue weighted by Gasteiger charge is 2.07. The smallest absolute Gasteiger partial charge is 0.222 e. The molecular weight excluding hydrogens is 427 g/mol. The third-order valence-electron chi connectivity index (χ3n) is 3.75. The minimum atomic E-state index is 0. The van der Waals surface area contributed by atoms with Crippen LogP contribution in [0.5, 0.6) is 0 Å². The van der Waals surface area contributed by atoms with Crippen LogP contribution in [0.4, 0.5) is 0 Å². The molecule has 1 amide bonds. The van der Waals surface area contributed by atoms with Crippen LogP contribution in [0.15, 0.2) is 29.3 Å². The summed E-state index contributed by atoms with van der Waals surface area (Å²) in [5, 5.41) is 9.38. The average Bonchev–Trinajstić information content (AvgIpc) is 2.56. The molecule has 1 rings (SSSR count). The monoisotopic (exact) mass is 460 g/mol. The second-order valence-corrected chi connectivity index (χ2v) is 6.40. The fourth-order valence-electron chi connectivity index (χ4n) is 2.14. The molecule has 0 aromatic heterocycles. The van der Waals surface area contributed by atoms with Crippen LogP contribution in [0.1, 0.15) is 44.7 Å². The standard InChI is InChI=1S/C19H32N4O.HI/c1-6-20-19(22-12-11-21-18(24)14(2)3)23-13-16(5)17-9-7-15(4)8-10-17;/h7-10,14,16H,6,11-13H2,1-5H3,(H,21,24)(H2,20,22,23);1H. The predicted molar refractivity (Wildman–Crippen MR) is 117 cm³/mol. The molecule has 1 unspecified atom stereocenters. The summed E-state index contributed by atoms with van der Waals surface area (Å²) in [4.78, 5) is 16.2. The minimum absolute atomic E-state index is 0. The number of guanidine groups is 1. The third kappa shape index (κ3) is 9.67. The number of aryl methyl sites for hydroxylation is 1. The van der Waals surface area contributed by atoms with Crippen molar-refractivity contribution in [1.29, 1.82) is 0 Å². The molecule has 25 heavy (non-hydrogen) atoms. The first-order valence-electron chi connectivity index (χ1n) is 8.80. The van der Waals surface area contributed by atoms with Crippen molar-refractivity contribution in [3.8, 4) is 0 Å². The lowest BCUT2D eigenvalue weighted by Crippen LogP contribution is -2.42. The summed E-state index contributed by atoms with van der Waals surface area (Å²) in [5.74, 6) is 1.24. The molecule has 0 heterocycles.